The van der Waals surface area contributed by atoms with Crippen molar-refractivity contribution in [3.05, 3.63) is 34.1 Å². The third-order valence-electron chi connectivity index (χ3n) is 2.88. The molecule has 2 rings (SSSR count). The van der Waals surface area contributed by atoms with Crippen LogP contribution in [0.2, 0.25) is 0 Å². The Hall–Kier alpha value is -1.58. The number of sulfonamides is 1. The van der Waals surface area contributed by atoms with Gasteiger partial charge in [0.15, 0.2) is 4.90 Å². The first kappa shape index (κ1) is 13.8. The summed E-state index contributed by atoms with van der Waals surface area (Å²) in [6, 6.07) is 2.92. The van der Waals surface area contributed by atoms with Crippen LogP contribution in [0.3, 0.4) is 0 Å². The number of β-amino-alcohol motifs (C(OH)–C–C–N with tert-alkyl or cyclic N) is 1. The minimum absolute atomic E-state index is 0.0527. The Morgan fingerprint density at radius 2 is 2.16 bits per heavy atom. The topological polar surface area (TPSA) is 101 Å². The van der Waals surface area contributed by atoms with Gasteiger partial charge in [-0.1, -0.05) is 6.07 Å². The smallest absolute Gasteiger partial charge is 0.324 e. The van der Waals surface area contributed by atoms with Crippen molar-refractivity contribution >= 4 is 15.7 Å². The van der Waals surface area contributed by atoms with E-state index < -0.39 is 37.5 Å². The van der Waals surface area contributed by atoms with Gasteiger partial charge in [0.25, 0.3) is 0 Å². The van der Waals surface area contributed by atoms with Crippen molar-refractivity contribution in [2.75, 3.05) is 13.1 Å². The molecule has 19 heavy (non-hydrogen) atoms. The first-order chi connectivity index (χ1) is 8.84. The minimum Gasteiger partial charge on any atom is -0.392 e. The van der Waals surface area contributed by atoms with Crippen LogP contribution in [0.5, 0.6) is 0 Å². The Bertz CT molecular complexity index is 618. The number of para-hydroxylation sites is 1. The lowest BCUT2D eigenvalue weighted by molar-refractivity contribution is -0.390. The zero-order chi connectivity index (χ0) is 14.2. The molecule has 0 aromatic heterocycles. The first-order valence-electron chi connectivity index (χ1n) is 5.45. The van der Waals surface area contributed by atoms with Crippen LogP contribution in [-0.2, 0) is 10.0 Å². The van der Waals surface area contributed by atoms with Gasteiger partial charge in [-0.15, -0.1) is 0 Å². The Morgan fingerprint density at radius 1 is 1.47 bits per heavy atom. The molecule has 1 aliphatic heterocycles. The van der Waals surface area contributed by atoms with Gasteiger partial charge >= 0.3 is 5.69 Å². The van der Waals surface area contributed by atoms with Crippen LogP contribution in [-0.4, -0.2) is 41.9 Å². The number of nitrogens with zero attached hydrogens (tertiary/aromatic N) is 2. The normalized spacial score (nSPS) is 20.6. The molecular formula is C10H11FN2O5S. The average Bonchev–Trinajstić information content (AvgIpc) is 2.75. The van der Waals surface area contributed by atoms with E-state index in [2.05, 4.69) is 0 Å². The monoisotopic (exact) mass is 290 g/mol. The van der Waals surface area contributed by atoms with Crippen molar-refractivity contribution in [3.8, 4) is 0 Å². The molecule has 1 fully saturated rings. The van der Waals surface area contributed by atoms with Crippen molar-refractivity contribution < 1.29 is 22.8 Å². The molecule has 0 amide bonds. The number of nitro benzene ring substituents is 1. The Labute approximate surface area is 108 Å². The van der Waals surface area contributed by atoms with Crippen molar-refractivity contribution in [3.63, 3.8) is 0 Å². The minimum atomic E-state index is -4.18. The van der Waals surface area contributed by atoms with Gasteiger partial charge in [-0.05, 0) is 18.6 Å². The summed E-state index contributed by atoms with van der Waals surface area (Å²) in [6.07, 6.45) is -0.551. The van der Waals surface area contributed by atoms with E-state index in [1.807, 2.05) is 0 Å². The van der Waals surface area contributed by atoms with Gasteiger partial charge in [-0.25, -0.2) is 8.42 Å². The number of halogens is 1. The van der Waals surface area contributed by atoms with Crippen molar-refractivity contribution in [2.24, 2.45) is 0 Å². The van der Waals surface area contributed by atoms with E-state index in [0.29, 0.717) is 0 Å². The van der Waals surface area contributed by atoms with Crippen LogP contribution in [0.4, 0.5) is 10.1 Å². The van der Waals surface area contributed by atoms with E-state index in [1.165, 1.54) is 0 Å². The van der Waals surface area contributed by atoms with Crippen LogP contribution in [0, 0.1) is 15.9 Å². The maximum Gasteiger partial charge on any atom is 0.324 e. The van der Waals surface area contributed by atoms with Gasteiger partial charge in [0.1, 0.15) is 0 Å². The lowest BCUT2D eigenvalue weighted by Crippen LogP contribution is -2.30. The predicted octanol–water partition coefficient (Wildman–Crippen LogP) is 0.489. The zero-order valence-electron chi connectivity index (χ0n) is 9.69. The third kappa shape index (κ3) is 2.44. The van der Waals surface area contributed by atoms with Gasteiger partial charge < -0.3 is 5.11 Å². The second-order valence-electron chi connectivity index (χ2n) is 4.15. The largest absolute Gasteiger partial charge is 0.392 e. The molecule has 1 atom stereocenters. The third-order valence-corrected chi connectivity index (χ3v) is 4.77. The zero-order valence-corrected chi connectivity index (χ0v) is 10.5. The summed E-state index contributed by atoms with van der Waals surface area (Å²) >= 11 is 0. The van der Waals surface area contributed by atoms with Crippen LogP contribution < -0.4 is 0 Å². The molecule has 1 aromatic carbocycles. The van der Waals surface area contributed by atoms with Crippen LogP contribution in [0.25, 0.3) is 0 Å². The SMILES string of the molecule is O=[N+]([O-])c1c(F)cccc1S(=O)(=O)N1CC[C@@H](O)C1. The van der Waals surface area contributed by atoms with Crippen molar-refractivity contribution in [1.82, 2.24) is 4.31 Å². The molecule has 1 saturated heterocycles. The van der Waals surface area contributed by atoms with Crippen LogP contribution in [0.15, 0.2) is 23.1 Å². The molecule has 9 heteroatoms. The highest BCUT2D eigenvalue weighted by molar-refractivity contribution is 7.89. The van der Waals surface area contributed by atoms with Gasteiger partial charge in [0.05, 0.1) is 11.0 Å². The molecule has 104 valence electrons. The Morgan fingerprint density at radius 3 is 2.68 bits per heavy atom. The fourth-order valence-electron chi connectivity index (χ4n) is 1.95. The molecule has 0 spiro atoms. The molecule has 1 aromatic rings. The maximum absolute atomic E-state index is 13.4. The van der Waals surface area contributed by atoms with E-state index in [0.717, 1.165) is 22.5 Å². The molecule has 1 heterocycles. The van der Waals surface area contributed by atoms with Gasteiger partial charge in [0, 0.05) is 13.1 Å². The quantitative estimate of drug-likeness (QED) is 0.645. The summed E-state index contributed by atoms with van der Waals surface area (Å²) in [7, 11) is -4.18. The molecule has 1 N–H and O–H groups in total. The number of nitro groups is 1. The fourth-order valence-corrected chi connectivity index (χ4v) is 3.61. The second-order valence-corrected chi connectivity index (χ2v) is 6.06. The molecular weight excluding hydrogens is 279 g/mol. The Kier molecular flexibility index (Phi) is 3.52. The van der Waals surface area contributed by atoms with Crippen molar-refractivity contribution in [1.29, 1.82) is 0 Å². The molecule has 0 unspecified atom stereocenters. The van der Waals surface area contributed by atoms with Gasteiger partial charge in [0.2, 0.25) is 15.8 Å². The van der Waals surface area contributed by atoms with E-state index in [-0.39, 0.29) is 19.5 Å². The number of aliphatic hydroxyl groups excluding tert-OH is 1. The fraction of sp³-hybridized carbons (Fsp3) is 0.400. The summed E-state index contributed by atoms with van der Waals surface area (Å²) in [5.41, 5.74) is -1.07. The lowest BCUT2D eigenvalue weighted by Gasteiger charge is -2.15. The molecule has 7 nitrogen and oxygen atoms in total. The highest BCUT2D eigenvalue weighted by atomic mass is 32.2. The average molecular weight is 290 g/mol. The molecule has 0 saturated carbocycles. The predicted molar refractivity (Wildman–Crippen MR) is 62.4 cm³/mol. The molecule has 1 aliphatic rings. The maximum atomic E-state index is 13.4. The van der Waals surface area contributed by atoms with Crippen LogP contribution >= 0.6 is 0 Å². The summed E-state index contributed by atoms with van der Waals surface area (Å²) in [6.45, 7) is -0.0901. The number of hydrogen-bond donors (Lipinski definition) is 1. The van der Waals surface area contributed by atoms with Crippen LogP contribution in [0.1, 0.15) is 6.42 Å². The molecule has 0 aliphatic carbocycles. The summed E-state index contributed by atoms with van der Waals surface area (Å²) in [4.78, 5) is 9.05. The first-order valence-corrected chi connectivity index (χ1v) is 6.89. The number of benzene rings is 1. The van der Waals surface area contributed by atoms with Gasteiger partial charge in [-0.2, -0.15) is 8.70 Å². The van der Waals surface area contributed by atoms with E-state index in [1.54, 1.807) is 0 Å². The van der Waals surface area contributed by atoms with Crippen molar-refractivity contribution in [2.45, 2.75) is 17.4 Å². The second kappa shape index (κ2) is 4.83. The number of hydrogen-bond acceptors (Lipinski definition) is 5. The molecule has 0 bridgehead atoms. The number of aliphatic hydroxyl groups is 1. The van der Waals surface area contributed by atoms with E-state index >= 15 is 0 Å². The number of rotatable bonds is 3. The summed E-state index contributed by atoms with van der Waals surface area (Å²) in [5, 5.41) is 20.1. The lowest BCUT2D eigenvalue weighted by atomic mass is 10.3. The summed E-state index contributed by atoms with van der Waals surface area (Å²) < 4.78 is 38.7. The highest BCUT2D eigenvalue weighted by Gasteiger charge is 2.37. The summed E-state index contributed by atoms with van der Waals surface area (Å²) in [5.74, 6) is -1.20. The van der Waals surface area contributed by atoms with Gasteiger partial charge in [-0.3, -0.25) is 10.1 Å². The van der Waals surface area contributed by atoms with E-state index in [9.17, 15) is 28.0 Å². The van der Waals surface area contributed by atoms with E-state index in [4.69, 9.17) is 0 Å². The highest BCUT2D eigenvalue weighted by Crippen LogP contribution is 2.30. The molecule has 0 radical (unpaired) electrons. The standard InChI is InChI=1S/C10H11FN2O5S/c11-8-2-1-3-9(10(8)13(15)16)19(17,18)12-5-4-7(14)6-12/h1-3,7,14H,4-6H2/t7-/m1/s1. The Balaban J connectivity index is 2.52.